The van der Waals surface area contributed by atoms with Crippen LogP contribution in [0, 0.1) is 0 Å². The van der Waals surface area contributed by atoms with Crippen molar-refractivity contribution in [2.45, 2.75) is 101 Å². The minimum absolute atomic E-state index is 0.218. The Bertz CT molecular complexity index is 1600. The lowest BCUT2D eigenvalue weighted by molar-refractivity contribution is -0.144. The Morgan fingerprint density at radius 2 is 0.759 bits per heavy atom. The van der Waals surface area contributed by atoms with Gasteiger partial charge in [0.2, 0.25) is 0 Å². The van der Waals surface area contributed by atoms with Crippen LogP contribution in [0.3, 0.4) is 0 Å². The first kappa shape index (κ1) is 57.3. The number of carbonyl (C=O) groups is 4. The van der Waals surface area contributed by atoms with E-state index in [1.54, 1.807) is 67.8 Å². The number of ether oxygens (including phenoxy) is 4. The van der Waals surface area contributed by atoms with Gasteiger partial charge in [0, 0.05) is 32.6 Å². The number of carbonyl (C=O) groups excluding carboxylic acids is 4. The third-order valence-corrected chi connectivity index (χ3v) is 6.76. The highest BCUT2D eigenvalue weighted by Gasteiger charge is 2.06. The van der Waals surface area contributed by atoms with Crippen LogP contribution in [-0.2, 0) is 49.5 Å². The molecular formula is C46H64Cl2O10. The van der Waals surface area contributed by atoms with Crippen LogP contribution in [0.25, 0.3) is 0 Å². The van der Waals surface area contributed by atoms with Gasteiger partial charge in [-0.25, -0.2) is 0 Å². The summed E-state index contributed by atoms with van der Waals surface area (Å²) in [5.74, 6) is 0.936. The Kier molecular flexibility index (Phi) is 38.3. The molecule has 12 heteroatoms. The monoisotopic (exact) mass is 846 g/mol. The zero-order chi connectivity index (χ0) is 44.7. The van der Waals surface area contributed by atoms with Gasteiger partial charge in [-0.15, -0.1) is 0 Å². The predicted octanol–water partition coefficient (Wildman–Crippen LogP) is 11.8. The van der Waals surface area contributed by atoms with Gasteiger partial charge in [-0.05, 0) is 107 Å². The van der Waals surface area contributed by atoms with Crippen LogP contribution in [-0.4, -0.2) is 53.1 Å². The summed E-state index contributed by atoms with van der Waals surface area (Å²) in [5, 5.41) is 18.3. The van der Waals surface area contributed by atoms with Crippen molar-refractivity contribution < 1.29 is 48.3 Å². The lowest BCUT2D eigenvalue weighted by Crippen LogP contribution is -2.08. The van der Waals surface area contributed by atoms with E-state index in [-0.39, 0.29) is 29.4 Å². The Morgan fingerprint density at radius 3 is 1.05 bits per heavy atom. The van der Waals surface area contributed by atoms with Crippen LogP contribution in [0.1, 0.15) is 97.4 Å². The minimum atomic E-state index is -0.889. The zero-order valence-corrected chi connectivity index (χ0v) is 37.3. The molecule has 0 saturated heterocycles. The quantitative estimate of drug-likeness (QED) is 0.0714. The molecule has 322 valence electrons. The maximum absolute atomic E-state index is 11.8. The summed E-state index contributed by atoms with van der Waals surface area (Å²) in [4.78, 5) is 43.3. The fraction of sp³-hybridized carbons (Fsp3) is 0.391. The van der Waals surface area contributed by atoms with E-state index in [1.165, 1.54) is 6.92 Å². The van der Waals surface area contributed by atoms with Crippen molar-refractivity contribution in [3.05, 3.63) is 119 Å². The summed E-state index contributed by atoms with van der Waals surface area (Å²) >= 11 is 8.80. The number of aryl methyl sites for hydroxylation is 2. The SMILES string of the molecule is CC.CC.CC.CC.COc1ccc(CCOC(=O)CCc2ccc(OC(C)=O)cc2)cc1.O=C(CCc1ccc(O)cc1)OCCc1ccc(O)cc1.O=C(Cl)Cl. The zero-order valence-electron chi connectivity index (χ0n) is 35.8. The van der Waals surface area contributed by atoms with Crippen LogP contribution < -0.4 is 9.47 Å². The molecule has 0 spiro atoms. The van der Waals surface area contributed by atoms with Gasteiger partial charge in [-0.2, -0.15) is 0 Å². The molecule has 2 N–H and O–H groups in total. The van der Waals surface area contributed by atoms with Gasteiger partial charge >= 0.3 is 22.6 Å². The Morgan fingerprint density at radius 1 is 0.483 bits per heavy atom. The van der Waals surface area contributed by atoms with Crippen molar-refractivity contribution in [1.29, 1.82) is 0 Å². The average Bonchev–Trinajstić information content (AvgIpc) is 3.24. The molecular weight excluding hydrogens is 783 g/mol. The summed E-state index contributed by atoms with van der Waals surface area (Å²) in [6.45, 7) is 18.0. The second kappa shape index (κ2) is 38.8. The maximum atomic E-state index is 11.8. The van der Waals surface area contributed by atoms with E-state index in [2.05, 4.69) is 23.2 Å². The first-order valence-corrected chi connectivity index (χ1v) is 20.3. The van der Waals surface area contributed by atoms with Crippen molar-refractivity contribution in [3.63, 3.8) is 0 Å². The number of hydrogen-bond acceptors (Lipinski definition) is 10. The number of aromatic hydroxyl groups is 2. The van der Waals surface area contributed by atoms with Gasteiger partial charge in [-0.3, -0.25) is 19.2 Å². The van der Waals surface area contributed by atoms with Crippen LogP contribution in [0.4, 0.5) is 4.79 Å². The standard InChI is InChI=1S/C20H22O5.C17H18O4.4C2H6.CCl2O/c1-15(21)25-19-10-5-16(6-11-19)7-12-20(22)24-14-13-17-3-8-18(23-2)9-4-17;18-15-6-1-13(2-7-15)5-10-17(20)21-12-11-14-3-8-16(19)9-4-14;4*1-2;2-1(3)4/h3-6,8-11H,7,12-14H2,1-2H3;1-4,6-9,18-19H,5,10-12H2;4*1-2H3;. The highest BCUT2D eigenvalue weighted by molar-refractivity contribution is 6.93. The summed E-state index contributed by atoms with van der Waals surface area (Å²) in [6, 6.07) is 28.4. The second-order valence-electron chi connectivity index (χ2n) is 10.6. The lowest BCUT2D eigenvalue weighted by atomic mass is 10.1. The summed E-state index contributed by atoms with van der Waals surface area (Å²) in [5.41, 5.74) is 4.08. The van der Waals surface area contributed by atoms with Gasteiger partial charge in [0.05, 0.1) is 20.3 Å². The molecule has 0 saturated carbocycles. The van der Waals surface area contributed by atoms with E-state index in [9.17, 15) is 14.4 Å². The maximum Gasteiger partial charge on any atom is 0.313 e. The number of phenolic OH excluding ortho intramolecular Hbond substituents is 2. The number of hydrogen-bond donors (Lipinski definition) is 2. The molecule has 4 aromatic rings. The topological polar surface area (TPSA) is 146 Å². The van der Waals surface area contributed by atoms with E-state index in [0.717, 1.165) is 28.0 Å². The first-order valence-electron chi connectivity index (χ1n) is 19.6. The van der Waals surface area contributed by atoms with Gasteiger partial charge in [0.15, 0.2) is 0 Å². The lowest BCUT2D eigenvalue weighted by Gasteiger charge is -2.07. The molecule has 4 rings (SSSR count). The average molecular weight is 848 g/mol. The highest BCUT2D eigenvalue weighted by Crippen LogP contribution is 2.15. The third-order valence-electron chi connectivity index (χ3n) is 6.76. The molecule has 0 atom stereocenters. The largest absolute Gasteiger partial charge is 0.508 e. The molecule has 0 fully saturated rings. The molecule has 10 nitrogen and oxygen atoms in total. The van der Waals surface area contributed by atoms with Crippen molar-refractivity contribution in [2.24, 2.45) is 0 Å². The van der Waals surface area contributed by atoms with Crippen LogP contribution in [0.15, 0.2) is 97.1 Å². The highest BCUT2D eigenvalue weighted by atomic mass is 35.5. The molecule has 0 radical (unpaired) electrons. The fourth-order valence-electron chi connectivity index (χ4n) is 4.21. The molecule has 0 heterocycles. The van der Waals surface area contributed by atoms with Gasteiger partial charge in [0.25, 0.3) is 0 Å². The fourth-order valence-corrected chi connectivity index (χ4v) is 4.21. The van der Waals surface area contributed by atoms with Gasteiger partial charge < -0.3 is 29.2 Å². The Balaban J connectivity index is -0.000000830. The van der Waals surface area contributed by atoms with Crippen LogP contribution >= 0.6 is 23.2 Å². The van der Waals surface area contributed by atoms with Crippen molar-refractivity contribution in [2.75, 3.05) is 20.3 Å². The molecule has 0 aromatic heterocycles. The van der Waals surface area contributed by atoms with Gasteiger partial charge in [0.1, 0.15) is 23.0 Å². The van der Waals surface area contributed by atoms with Crippen molar-refractivity contribution in [1.82, 2.24) is 0 Å². The van der Waals surface area contributed by atoms with Crippen molar-refractivity contribution >= 4 is 45.8 Å². The number of phenols is 2. The first-order chi connectivity index (χ1) is 27.9. The predicted molar refractivity (Wildman–Crippen MR) is 235 cm³/mol. The molecule has 0 aliphatic heterocycles. The molecule has 0 bridgehead atoms. The molecule has 0 unspecified atom stereocenters. The smallest absolute Gasteiger partial charge is 0.313 e. The Labute approximate surface area is 356 Å². The number of esters is 3. The molecule has 4 aromatic carbocycles. The third kappa shape index (κ3) is 32.1. The van der Waals surface area contributed by atoms with E-state index in [0.29, 0.717) is 57.5 Å². The number of benzene rings is 4. The van der Waals surface area contributed by atoms with E-state index in [4.69, 9.17) is 34.0 Å². The molecule has 58 heavy (non-hydrogen) atoms. The van der Waals surface area contributed by atoms with E-state index in [1.807, 2.05) is 91.8 Å². The summed E-state index contributed by atoms with van der Waals surface area (Å²) in [7, 11) is 1.63. The second-order valence-corrected chi connectivity index (χ2v) is 11.5. The van der Waals surface area contributed by atoms with E-state index >= 15 is 0 Å². The van der Waals surface area contributed by atoms with Gasteiger partial charge in [-0.1, -0.05) is 104 Å². The minimum Gasteiger partial charge on any atom is -0.508 e. The molecule has 0 aliphatic rings. The summed E-state index contributed by atoms with van der Waals surface area (Å²) < 4.78 is 19.6. The normalized spacial score (nSPS) is 8.97. The number of halogens is 2. The van der Waals surface area contributed by atoms with Crippen LogP contribution in [0.5, 0.6) is 23.0 Å². The number of rotatable bonds is 14. The number of methoxy groups -OCH3 is 1. The summed E-state index contributed by atoms with van der Waals surface area (Å²) in [6.07, 6.45) is 3.12. The molecule has 0 amide bonds. The Hall–Kier alpha value is -5.06. The van der Waals surface area contributed by atoms with Crippen molar-refractivity contribution in [3.8, 4) is 23.0 Å². The van der Waals surface area contributed by atoms with Crippen LogP contribution in [0.2, 0.25) is 0 Å². The molecule has 0 aliphatic carbocycles. The van der Waals surface area contributed by atoms with E-state index < -0.39 is 4.70 Å².